The number of hydrogen-bond donors (Lipinski definition) is 1. The first-order chi connectivity index (χ1) is 12.7. The Bertz CT molecular complexity index is 856. The number of aromatic nitrogens is 2. The molecule has 6 nitrogen and oxygen atoms in total. The van der Waals surface area contributed by atoms with Crippen LogP contribution in [0.2, 0.25) is 0 Å². The summed E-state index contributed by atoms with van der Waals surface area (Å²) >= 11 is 1.70. The Hall–Kier alpha value is -2.22. The quantitative estimate of drug-likeness (QED) is 0.565. The maximum absolute atomic E-state index is 5.61. The van der Waals surface area contributed by atoms with Crippen molar-refractivity contribution in [3.05, 3.63) is 53.9 Å². The molecule has 3 rings (SSSR count). The van der Waals surface area contributed by atoms with Gasteiger partial charge in [0.05, 0.1) is 14.2 Å². The number of hydrogen-bond acceptors (Lipinski definition) is 7. The summed E-state index contributed by atoms with van der Waals surface area (Å²) in [6.07, 6.45) is 0.687. The molecule has 0 aliphatic heterocycles. The number of nitrogens with zero attached hydrogens (tertiary/aromatic N) is 2. The highest BCUT2D eigenvalue weighted by molar-refractivity contribution is 7.99. The van der Waals surface area contributed by atoms with Gasteiger partial charge < -0.3 is 19.7 Å². The lowest BCUT2D eigenvalue weighted by molar-refractivity contribution is 0.354. The van der Waals surface area contributed by atoms with Crippen LogP contribution in [0.3, 0.4) is 0 Å². The number of aryl methyl sites for hydroxylation is 1. The second-order valence-corrected chi connectivity index (χ2v) is 6.70. The van der Waals surface area contributed by atoms with Crippen molar-refractivity contribution < 1.29 is 14.0 Å². The summed E-state index contributed by atoms with van der Waals surface area (Å²) in [5.41, 5.74) is 7.61. The largest absolute Gasteiger partial charge is 0.493 e. The van der Waals surface area contributed by atoms with Crippen LogP contribution in [0.5, 0.6) is 11.5 Å². The zero-order valence-electron chi connectivity index (χ0n) is 15.2. The molecule has 0 aliphatic carbocycles. The monoisotopic (exact) mass is 407 g/mol. The van der Waals surface area contributed by atoms with Crippen LogP contribution in [0.4, 0.5) is 0 Å². The molecule has 0 saturated carbocycles. The summed E-state index contributed by atoms with van der Waals surface area (Å²) in [5.74, 6) is 3.48. The zero-order valence-corrected chi connectivity index (χ0v) is 16.8. The van der Waals surface area contributed by atoms with E-state index in [9.17, 15) is 0 Å². The van der Waals surface area contributed by atoms with Gasteiger partial charge in [0.2, 0.25) is 11.7 Å². The van der Waals surface area contributed by atoms with Crippen molar-refractivity contribution in [2.75, 3.05) is 20.0 Å². The number of nitrogens with two attached hydrogens (primary N) is 1. The molecule has 2 N–H and O–H groups in total. The summed E-state index contributed by atoms with van der Waals surface area (Å²) < 4.78 is 15.9. The van der Waals surface area contributed by atoms with Gasteiger partial charge in [0.1, 0.15) is 0 Å². The van der Waals surface area contributed by atoms with Gasteiger partial charge in [0.15, 0.2) is 11.5 Å². The van der Waals surface area contributed by atoms with Crippen LogP contribution < -0.4 is 15.2 Å². The second-order valence-electron chi connectivity index (χ2n) is 5.53. The van der Waals surface area contributed by atoms with E-state index in [1.807, 2.05) is 42.5 Å². The summed E-state index contributed by atoms with van der Waals surface area (Å²) in [4.78, 5) is 5.56. The van der Waals surface area contributed by atoms with Crippen LogP contribution in [0.25, 0.3) is 11.4 Å². The highest BCUT2D eigenvalue weighted by atomic mass is 35.5. The van der Waals surface area contributed by atoms with Crippen LogP contribution in [0, 0.1) is 0 Å². The molecule has 0 atom stereocenters. The molecule has 0 radical (unpaired) electrons. The molecule has 8 heteroatoms. The predicted molar refractivity (Wildman–Crippen MR) is 109 cm³/mol. The lowest BCUT2D eigenvalue weighted by Gasteiger charge is -2.08. The normalized spacial score (nSPS) is 10.3. The zero-order chi connectivity index (χ0) is 18.4. The summed E-state index contributed by atoms with van der Waals surface area (Å²) in [6.45, 7) is 0.519. The summed E-state index contributed by atoms with van der Waals surface area (Å²) in [7, 11) is 3.26. The van der Waals surface area contributed by atoms with E-state index in [1.165, 1.54) is 0 Å². The van der Waals surface area contributed by atoms with Crippen LogP contribution in [0.1, 0.15) is 11.5 Å². The van der Waals surface area contributed by atoms with E-state index in [-0.39, 0.29) is 12.4 Å². The number of rotatable bonds is 8. The van der Waals surface area contributed by atoms with E-state index in [1.54, 1.807) is 26.0 Å². The molecule has 144 valence electrons. The standard InChI is InChI=1S/C19H21N3O3S.ClH/c1-23-16-8-7-15(11-17(16)24-2)26-10-9-18-21-19(22-25-18)14-5-3-13(12-20)4-6-14;/h3-8,11H,9-10,12,20H2,1-2H3;1H. The first kappa shape index (κ1) is 21.1. The topological polar surface area (TPSA) is 83.4 Å². The Labute approximate surface area is 168 Å². The molecular weight excluding hydrogens is 386 g/mol. The molecule has 0 aliphatic rings. The summed E-state index contributed by atoms with van der Waals surface area (Å²) in [5, 5.41) is 4.05. The van der Waals surface area contributed by atoms with Crippen LogP contribution in [-0.4, -0.2) is 30.1 Å². The van der Waals surface area contributed by atoms with Crippen molar-refractivity contribution in [3.8, 4) is 22.9 Å². The molecule has 0 saturated heterocycles. The minimum Gasteiger partial charge on any atom is -0.493 e. The van der Waals surface area contributed by atoms with Gasteiger partial charge in [-0.3, -0.25) is 0 Å². The Morgan fingerprint density at radius 1 is 1.04 bits per heavy atom. The van der Waals surface area contributed by atoms with Crippen molar-refractivity contribution in [3.63, 3.8) is 0 Å². The van der Waals surface area contributed by atoms with Crippen molar-refractivity contribution in [1.29, 1.82) is 0 Å². The minimum absolute atomic E-state index is 0. The molecule has 27 heavy (non-hydrogen) atoms. The maximum atomic E-state index is 5.61. The molecule has 1 aromatic heterocycles. The number of thioether (sulfide) groups is 1. The summed E-state index contributed by atoms with van der Waals surface area (Å²) in [6, 6.07) is 13.7. The van der Waals surface area contributed by atoms with Gasteiger partial charge in [0.25, 0.3) is 0 Å². The third-order valence-corrected chi connectivity index (χ3v) is 4.85. The SMILES string of the molecule is COc1ccc(SCCc2nc(-c3ccc(CN)cc3)no2)cc1OC.Cl. The van der Waals surface area contributed by atoms with Crippen molar-refractivity contribution in [1.82, 2.24) is 10.1 Å². The minimum atomic E-state index is 0. The Kier molecular flexibility index (Phi) is 7.97. The van der Waals surface area contributed by atoms with E-state index in [2.05, 4.69) is 10.1 Å². The molecule has 0 bridgehead atoms. The molecule has 3 aromatic rings. The number of benzene rings is 2. The molecule has 0 unspecified atom stereocenters. The third-order valence-electron chi connectivity index (χ3n) is 3.86. The second kappa shape index (κ2) is 10.2. The van der Waals surface area contributed by atoms with Crippen molar-refractivity contribution in [2.45, 2.75) is 17.9 Å². The molecule has 2 aromatic carbocycles. The molecule has 0 fully saturated rings. The van der Waals surface area contributed by atoms with Gasteiger partial charge in [-0.15, -0.1) is 24.2 Å². The predicted octanol–water partition coefficient (Wildman–Crippen LogP) is 3.97. The van der Waals surface area contributed by atoms with Gasteiger partial charge in [-0.25, -0.2) is 0 Å². The Morgan fingerprint density at radius 2 is 1.78 bits per heavy atom. The highest BCUT2D eigenvalue weighted by Gasteiger charge is 2.10. The van der Waals surface area contributed by atoms with Gasteiger partial charge >= 0.3 is 0 Å². The van der Waals surface area contributed by atoms with E-state index in [0.717, 1.165) is 33.3 Å². The van der Waals surface area contributed by atoms with Crippen molar-refractivity contribution >= 4 is 24.2 Å². The van der Waals surface area contributed by atoms with Gasteiger partial charge in [-0.2, -0.15) is 4.98 Å². The fraction of sp³-hybridized carbons (Fsp3) is 0.263. The lowest BCUT2D eigenvalue weighted by atomic mass is 10.1. The number of methoxy groups -OCH3 is 2. The number of ether oxygens (including phenoxy) is 2. The van der Waals surface area contributed by atoms with Crippen LogP contribution >= 0.6 is 24.2 Å². The van der Waals surface area contributed by atoms with Gasteiger partial charge in [-0.05, 0) is 23.8 Å². The van der Waals surface area contributed by atoms with Crippen molar-refractivity contribution in [2.24, 2.45) is 5.73 Å². The van der Waals surface area contributed by atoms with Gasteiger partial charge in [0, 0.05) is 29.2 Å². The van der Waals surface area contributed by atoms with Crippen LogP contribution in [0.15, 0.2) is 51.9 Å². The average molecular weight is 408 g/mol. The Balaban J connectivity index is 0.00000261. The fourth-order valence-corrected chi connectivity index (χ4v) is 3.29. The van der Waals surface area contributed by atoms with E-state index < -0.39 is 0 Å². The van der Waals surface area contributed by atoms with E-state index in [0.29, 0.717) is 24.7 Å². The Morgan fingerprint density at radius 3 is 2.44 bits per heavy atom. The average Bonchev–Trinajstić information content (AvgIpc) is 3.16. The third kappa shape index (κ3) is 5.38. The van der Waals surface area contributed by atoms with E-state index in [4.69, 9.17) is 19.7 Å². The highest BCUT2D eigenvalue weighted by Crippen LogP contribution is 2.32. The van der Waals surface area contributed by atoms with Gasteiger partial charge in [-0.1, -0.05) is 29.4 Å². The smallest absolute Gasteiger partial charge is 0.227 e. The maximum Gasteiger partial charge on any atom is 0.227 e. The fourth-order valence-electron chi connectivity index (χ4n) is 2.43. The van der Waals surface area contributed by atoms with E-state index >= 15 is 0 Å². The lowest BCUT2D eigenvalue weighted by Crippen LogP contribution is -1.95. The molecular formula is C19H22ClN3O3S. The molecule has 0 spiro atoms. The van der Waals surface area contributed by atoms with Crippen LogP contribution in [-0.2, 0) is 13.0 Å². The number of halogens is 1. The first-order valence-electron chi connectivity index (χ1n) is 8.20. The first-order valence-corrected chi connectivity index (χ1v) is 9.19. The molecule has 1 heterocycles. The molecule has 0 amide bonds.